The van der Waals surface area contributed by atoms with Crippen LogP contribution in [0.25, 0.3) is 12.2 Å². The van der Waals surface area contributed by atoms with Crippen LogP contribution in [0.15, 0.2) is 35.2 Å². The van der Waals surface area contributed by atoms with Crippen LogP contribution in [0.1, 0.15) is 75.9 Å². The lowest BCUT2D eigenvalue weighted by Crippen LogP contribution is -2.46. The highest BCUT2D eigenvalue weighted by molar-refractivity contribution is 7.89. The molecule has 0 aromatic carbocycles. The molecule has 12 heteroatoms. The van der Waals surface area contributed by atoms with Crippen molar-refractivity contribution in [3.8, 4) is 0 Å². The van der Waals surface area contributed by atoms with E-state index in [1.807, 2.05) is 32.9 Å². The van der Waals surface area contributed by atoms with Gasteiger partial charge in [0.05, 0.1) is 29.2 Å². The van der Waals surface area contributed by atoms with Crippen molar-refractivity contribution < 1.29 is 34.8 Å². The van der Waals surface area contributed by atoms with Gasteiger partial charge >= 0.3 is 11.9 Å². The normalized spacial score (nSPS) is 35.7. The Morgan fingerprint density at radius 2 is 1.67 bits per heavy atom. The fraction of sp³-hybridized carbons (Fsp3) is 0.545. The first-order chi connectivity index (χ1) is 21.1. The van der Waals surface area contributed by atoms with E-state index in [4.69, 9.17) is 0 Å². The van der Waals surface area contributed by atoms with Gasteiger partial charge in [0.2, 0.25) is 10.7 Å². The molecule has 8 atom stereocenters. The van der Waals surface area contributed by atoms with Crippen molar-refractivity contribution in [1.29, 1.82) is 0 Å². The van der Waals surface area contributed by atoms with Gasteiger partial charge in [-0.15, -0.1) is 6.58 Å². The smallest absolute Gasteiger partial charge is 0.303 e. The summed E-state index contributed by atoms with van der Waals surface area (Å²) >= 11 is 1.26. The quantitative estimate of drug-likeness (QED) is 0.0776. The Labute approximate surface area is 267 Å². The number of nitrogens with one attached hydrogen (secondary N) is 4. The van der Waals surface area contributed by atoms with Gasteiger partial charge in [-0.2, -0.15) is 0 Å². The van der Waals surface area contributed by atoms with Crippen LogP contribution < -0.4 is 16.0 Å². The third kappa shape index (κ3) is 5.83. The molecule has 4 aliphatic heterocycles. The van der Waals surface area contributed by atoms with Crippen molar-refractivity contribution in [3.63, 3.8) is 0 Å². The van der Waals surface area contributed by atoms with Gasteiger partial charge in [-0.25, -0.2) is 0 Å². The molecule has 0 bridgehead atoms. The zero-order valence-corrected chi connectivity index (χ0v) is 27.3. The average Bonchev–Trinajstić information content (AvgIpc) is 3.19. The molecular weight excluding hydrogens is 596 g/mol. The first-order valence-electron chi connectivity index (χ1n) is 15.5. The van der Waals surface area contributed by atoms with Gasteiger partial charge in [0, 0.05) is 36.0 Å². The SMILES string of the molecule is C=CC1C(=O)N[C@H](CC2N/C(=C\c3[nH]c(/C=C4\NC(O)[C@H](C)[C@]45[SH+]C5C)c(C)c3CCC(=O)O)C(CCC(=O)O)=C2C)[C@@]1(C)O. The molecule has 1 aromatic rings. The van der Waals surface area contributed by atoms with Crippen molar-refractivity contribution in [2.45, 2.75) is 101 Å². The van der Waals surface area contributed by atoms with E-state index < -0.39 is 35.7 Å². The second-order valence-corrected chi connectivity index (χ2v) is 14.8. The van der Waals surface area contributed by atoms with Crippen LogP contribution in [0.5, 0.6) is 0 Å². The van der Waals surface area contributed by atoms with E-state index in [0.29, 0.717) is 23.8 Å². The molecular formula is C33H45N4O7S+. The Hall–Kier alpha value is -3.48. The molecule has 1 amide bonds. The number of aromatic nitrogens is 1. The number of amides is 1. The third-order valence-electron chi connectivity index (χ3n) is 10.4. The number of carboxylic acid groups (broad SMARTS) is 2. The first kappa shape index (κ1) is 32.9. The predicted octanol–water partition coefficient (Wildman–Crippen LogP) is 2.13. The van der Waals surface area contributed by atoms with Crippen molar-refractivity contribution in [2.75, 3.05) is 0 Å². The minimum atomic E-state index is -1.34. The van der Waals surface area contributed by atoms with Crippen molar-refractivity contribution in [3.05, 3.63) is 57.7 Å². The Morgan fingerprint density at radius 3 is 2.24 bits per heavy atom. The van der Waals surface area contributed by atoms with Gasteiger partial charge in [0.1, 0.15) is 6.23 Å². The monoisotopic (exact) mass is 641 g/mol. The highest BCUT2D eigenvalue weighted by Crippen LogP contribution is 2.54. The molecule has 0 radical (unpaired) electrons. The summed E-state index contributed by atoms with van der Waals surface area (Å²) in [6.45, 7) is 13.4. The van der Waals surface area contributed by atoms with Crippen molar-refractivity contribution in [1.82, 2.24) is 20.9 Å². The van der Waals surface area contributed by atoms with Crippen LogP contribution in [0.3, 0.4) is 0 Å². The maximum absolute atomic E-state index is 12.5. The van der Waals surface area contributed by atoms with Gasteiger partial charge in [-0.1, -0.05) is 13.0 Å². The summed E-state index contributed by atoms with van der Waals surface area (Å²) in [4.78, 5) is 39.2. The number of aliphatic hydroxyl groups excluding tert-OH is 1. The number of carbonyl (C=O) groups is 3. The molecule has 45 heavy (non-hydrogen) atoms. The maximum atomic E-state index is 12.5. The summed E-state index contributed by atoms with van der Waals surface area (Å²) in [5.41, 5.74) is 5.40. The molecule has 0 aliphatic carbocycles. The number of aliphatic hydroxyl groups is 2. The number of rotatable bonds is 11. The van der Waals surface area contributed by atoms with Gasteiger partial charge in [-0.3, -0.25) is 14.4 Å². The number of H-pyrrole nitrogens is 1. The molecule has 5 heterocycles. The van der Waals surface area contributed by atoms with Crippen LogP contribution >= 0.6 is 0 Å². The second kappa shape index (κ2) is 12.0. The second-order valence-electron chi connectivity index (χ2n) is 13.1. The standard InChI is InChI=1S/C33H44N4O7S/c1-7-21-31(43)36-26(32(21,6)44)13-22-15(2)19(8-10-28(38)39)24(34-22)12-25-20(9-11-29(40)41)16(3)23(35-25)14-27-33(18(5)45-33)17(4)30(42)37-27/h7,12,14,17-18,21-22,26,30,34-35,37,42,44H,1,8-11,13H2,2-6H3,(H,36,43)(H,38,39)(H,40,41)/p+1/b24-12-,27-14-/t17-,18?,21?,22?,26+,30?,32-,33+/m0/s1. The Balaban J connectivity index is 1.52. The summed E-state index contributed by atoms with van der Waals surface area (Å²) in [5, 5.41) is 50.9. The number of aliphatic carboxylic acids is 2. The lowest BCUT2D eigenvalue weighted by atomic mass is 9.83. The first-order valence-corrected chi connectivity index (χ1v) is 16.4. The number of allylic oxidation sites excluding steroid dienone is 1. The fourth-order valence-electron chi connectivity index (χ4n) is 7.41. The topological polar surface area (TPSA) is 184 Å². The van der Waals surface area contributed by atoms with Crippen molar-refractivity contribution in [2.24, 2.45) is 11.8 Å². The zero-order chi connectivity index (χ0) is 33.0. The van der Waals surface area contributed by atoms with Crippen LogP contribution in [-0.2, 0) is 32.6 Å². The molecule has 3 saturated heterocycles. The van der Waals surface area contributed by atoms with Crippen LogP contribution in [-0.4, -0.2) is 77.2 Å². The Bertz CT molecular complexity index is 1520. The fourth-order valence-corrected chi connectivity index (χ4v) is 9.00. The lowest BCUT2D eigenvalue weighted by Gasteiger charge is -2.30. The molecule has 5 rings (SSSR count). The predicted molar refractivity (Wildman–Crippen MR) is 174 cm³/mol. The summed E-state index contributed by atoms with van der Waals surface area (Å²) in [6.07, 6.45) is 5.57. The molecule has 4 aliphatic rings. The van der Waals surface area contributed by atoms with Gasteiger partial charge in [0.15, 0.2) is 5.25 Å². The molecule has 1 spiro atoms. The minimum Gasteiger partial charge on any atom is -0.481 e. The molecule has 4 unspecified atom stereocenters. The van der Waals surface area contributed by atoms with E-state index in [1.165, 1.54) is 17.8 Å². The van der Waals surface area contributed by atoms with E-state index >= 15 is 0 Å². The highest BCUT2D eigenvalue weighted by atomic mass is 32.2. The van der Waals surface area contributed by atoms with Crippen LogP contribution in [0, 0.1) is 18.8 Å². The highest BCUT2D eigenvalue weighted by Gasteiger charge is 2.74. The van der Waals surface area contributed by atoms with E-state index in [2.05, 4.69) is 34.4 Å². The summed E-state index contributed by atoms with van der Waals surface area (Å²) in [6, 6.07) is -0.827. The number of hydrogen-bond acceptors (Lipinski definition) is 7. The number of thiol groups is 1. The largest absolute Gasteiger partial charge is 0.481 e. The van der Waals surface area contributed by atoms with Gasteiger partial charge in [0.25, 0.3) is 0 Å². The van der Waals surface area contributed by atoms with Gasteiger partial charge in [-0.05, 0) is 93.1 Å². The Kier molecular flexibility index (Phi) is 8.80. The lowest BCUT2D eigenvalue weighted by molar-refractivity contribution is -0.138. The Morgan fingerprint density at radius 1 is 1.02 bits per heavy atom. The number of carbonyl (C=O) groups excluding carboxylic acids is 1. The summed E-state index contributed by atoms with van der Waals surface area (Å²) in [5.74, 6) is -2.80. The van der Waals surface area contributed by atoms with Gasteiger partial charge < -0.3 is 41.4 Å². The van der Waals surface area contributed by atoms with Crippen LogP contribution in [0.2, 0.25) is 0 Å². The van der Waals surface area contributed by atoms with E-state index in [0.717, 1.165) is 39.4 Å². The minimum absolute atomic E-state index is 0.0560. The number of carboxylic acids is 2. The average molecular weight is 642 g/mol. The van der Waals surface area contributed by atoms with E-state index in [1.54, 1.807) is 6.92 Å². The maximum Gasteiger partial charge on any atom is 0.303 e. The molecule has 244 valence electrons. The summed E-state index contributed by atoms with van der Waals surface area (Å²) in [7, 11) is 0. The van der Waals surface area contributed by atoms with E-state index in [-0.39, 0.29) is 41.9 Å². The number of hydrogen-bond donors (Lipinski definition) is 8. The number of aromatic amines is 1. The molecule has 11 nitrogen and oxygen atoms in total. The molecule has 1 aromatic heterocycles. The summed E-state index contributed by atoms with van der Waals surface area (Å²) < 4.78 is -0.137. The molecule has 0 saturated carbocycles. The van der Waals surface area contributed by atoms with E-state index in [9.17, 15) is 34.8 Å². The molecule has 3 fully saturated rings. The molecule has 8 N–H and O–H groups in total. The van der Waals surface area contributed by atoms with Crippen LogP contribution in [0.4, 0.5) is 0 Å². The third-order valence-corrected chi connectivity index (χ3v) is 12.4. The van der Waals surface area contributed by atoms with Crippen molar-refractivity contribution >= 4 is 41.8 Å². The zero-order valence-electron chi connectivity index (χ0n) is 26.4.